The van der Waals surface area contributed by atoms with Gasteiger partial charge in [-0.15, -0.1) is 0 Å². The number of rotatable bonds is 6. The van der Waals surface area contributed by atoms with E-state index >= 15 is 0 Å². The second kappa shape index (κ2) is 8.82. The fourth-order valence-electron chi connectivity index (χ4n) is 2.83. The van der Waals surface area contributed by atoms with Crippen molar-refractivity contribution < 1.29 is 33.1 Å². The maximum atomic E-state index is 12.2. The molecule has 1 aliphatic rings. The molecule has 1 saturated heterocycles. The molecule has 3 atom stereocenters. The average molecular weight is 424 g/mol. The Morgan fingerprint density at radius 1 is 1.41 bits per heavy atom. The monoisotopic (exact) mass is 424 g/mol. The first-order chi connectivity index (χ1) is 13.5. The van der Waals surface area contributed by atoms with Gasteiger partial charge in [0.05, 0.1) is 12.6 Å². The summed E-state index contributed by atoms with van der Waals surface area (Å²) in [7, 11) is -3.90. The minimum atomic E-state index is -3.90. The normalized spacial score (nSPS) is 19.6. The highest BCUT2D eigenvalue weighted by molar-refractivity contribution is 7.92. The van der Waals surface area contributed by atoms with Crippen molar-refractivity contribution in [2.24, 2.45) is 0 Å². The van der Waals surface area contributed by atoms with Crippen molar-refractivity contribution in [3.8, 4) is 11.8 Å². The van der Waals surface area contributed by atoms with E-state index in [1.165, 1.54) is 17.3 Å². The lowest BCUT2D eigenvalue weighted by molar-refractivity contribution is -0.132. The average Bonchev–Trinajstić information content (AvgIpc) is 3.00. The largest absolute Gasteiger partial charge is 0.444 e. The molecule has 29 heavy (non-hydrogen) atoms. The number of nitrogens with zero attached hydrogens (tertiary/aromatic N) is 1. The number of ether oxygens (including phenoxy) is 1. The van der Waals surface area contributed by atoms with Crippen LogP contribution in [0.4, 0.5) is 10.5 Å². The number of nitrogens with one attached hydrogen (secondary N) is 1. The summed E-state index contributed by atoms with van der Waals surface area (Å²) in [5.74, 6) is 4.65. The number of sulfone groups is 1. The van der Waals surface area contributed by atoms with E-state index in [1.54, 1.807) is 31.2 Å². The van der Waals surface area contributed by atoms with Gasteiger partial charge in [0.2, 0.25) is 0 Å². The SMILES string of the molecule is CC(O)CC#Cc1ccc(N2CC(CC(C)(C(=O)NO)S(C)(=O)=O)OC2=O)cc1. The first-order valence-corrected chi connectivity index (χ1v) is 10.8. The standard InChI is InChI=1S/C19H24N2O7S/c1-13(22)5-4-6-14-7-9-15(10-8-14)21-12-16(28-18(21)24)11-19(2,17(23)20-25)29(3,26)27/h7-10,13,16,22,25H,5,11-12H2,1-3H3,(H,20,23). The van der Waals surface area contributed by atoms with Crippen molar-refractivity contribution in [1.82, 2.24) is 5.48 Å². The van der Waals surface area contributed by atoms with Gasteiger partial charge in [-0.3, -0.25) is 14.9 Å². The molecular weight excluding hydrogens is 400 g/mol. The van der Waals surface area contributed by atoms with E-state index in [1.807, 2.05) is 0 Å². The third kappa shape index (κ3) is 5.26. The summed E-state index contributed by atoms with van der Waals surface area (Å²) in [5.41, 5.74) is 2.61. The Hall–Kier alpha value is -2.61. The van der Waals surface area contributed by atoms with Gasteiger partial charge in [0.1, 0.15) is 6.10 Å². The van der Waals surface area contributed by atoms with E-state index in [0.717, 1.165) is 6.26 Å². The van der Waals surface area contributed by atoms with Crippen LogP contribution in [-0.4, -0.2) is 60.5 Å². The molecule has 9 nitrogen and oxygen atoms in total. The lowest BCUT2D eigenvalue weighted by atomic mass is 10.0. The number of hydrogen-bond acceptors (Lipinski definition) is 7. The summed E-state index contributed by atoms with van der Waals surface area (Å²) < 4.78 is 27.5. The number of cyclic esters (lactones) is 1. The number of aliphatic hydroxyl groups excluding tert-OH is 1. The molecule has 1 fully saturated rings. The smallest absolute Gasteiger partial charge is 0.414 e. The zero-order chi connectivity index (χ0) is 21.8. The number of carbonyl (C=O) groups is 2. The minimum Gasteiger partial charge on any atom is -0.444 e. The fourth-order valence-corrected chi connectivity index (χ4v) is 3.70. The van der Waals surface area contributed by atoms with Gasteiger partial charge in [0.25, 0.3) is 5.91 Å². The highest BCUT2D eigenvalue weighted by Crippen LogP contribution is 2.30. The molecule has 0 spiro atoms. The van der Waals surface area contributed by atoms with Crippen molar-refractivity contribution in [3.63, 3.8) is 0 Å². The van der Waals surface area contributed by atoms with E-state index in [0.29, 0.717) is 17.7 Å². The van der Waals surface area contributed by atoms with Gasteiger partial charge >= 0.3 is 6.09 Å². The van der Waals surface area contributed by atoms with Gasteiger partial charge in [0, 0.05) is 30.3 Å². The number of hydrogen-bond donors (Lipinski definition) is 3. The van der Waals surface area contributed by atoms with Crippen LogP contribution in [0.15, 0.2) is 24.3 Å². The van der Waals surface area contributed by atoms with Gasteiger partial charge < -0.3 is 9.84 Å². The molecule has 3 unspecified atom stereocenters. The number of anilines is 1. The second-order valence-corrected chi connectivity index (χ2v) is 9.61. The van der Waals surface area contributed by atoms with Crippen molar-refractivity contribution in [1.29, 1.82) is 0 Å². The number of benzene rings is 1. The summed E-state index contributed by atoms with van der Waals surface area (Å²) in [6.07, 6.45) is -1.10. The zero-order valence-electron chi connectivity index (χ0n) is 16.4. The molecule has 0 aliphatic carbocycles. The number of carbonyl (C=O) groups excluding carboxylic acids is 2. The third-order valence-corrected chi connectivity index (χ3v) is 6.69. The van der Waals surface area contributed by atoms with Crippen LogP contribution in [0.1, 0.15) is 32.3 Å². The molecule has 2 amide bonds. The van der Waals surface area contributed by atoms with Crippen LogP contribution in [0.5, 0.6) is 0 Å². The maximum absolute atomic E-state index is 12.2. The van der Waals surface area contributed by atoms with Crippen molar-refractivity contribution >= 4 is 27.5 Å². The molecule has 2 rings (SSSR count). The summed E-state index contributed by atoms with van der Waals surface area (Å²) in [5, 5.41) is 18.1. The van der Waals surface area contributed by atoms with E-state index < -0.39 is 38.8 Å². The molecule has 1 heterocycles. The molecule has 1 aromatic carbocycles. The lowest BCUT2D eigenvalue weighted by Crippen LogP contribution is -2.51. The molecule has 1 aromatic rings. The van der Waals surface area contributed by atoms with Gasteiger partial charge in [-0.05, 0) is 38.1 Å². The fraction of sp³-hybridized carbons (Fsp3) is 0.474. The number of aliphatic hydroxyl groups is 1. The van der Waals surface area contributed by atoms with Gasteiger partial charge in [-0.1, -0.05) is 11.8 Å². The summed E-state index contributed by atoms with van der Waals surface area (Å²) in [4.78, 5) is 25.5. The summed E-state index contributed by atoms with van der Waals surface area (Å²) in [6.45, 7) is 2.87. The Balaban J connectivity index is 2.13. The molecule has 0 aromatic heterocycles. The molecule has 0 saturated carbocycles. The minimum absolute atomic E-state index is 0.0513. The Morgan fingerprint density at radius 2 is 2.03 bits per heavy atom. The van der Waals surface area contributed by atoms with Crippen LogP contribution in [-0.2, 0) is 19.4 Å². The van der Waals surface area contributed by atoms with Crippen molar-refractivity contribution in [2.45, 2.75) is 43.6 Å². The van der Waals surface area contributed by atoms with Crippen molar-refractivity contribution in [2.75, 3.05) is 17.7 Å². The Morgan fingerprint density at radius 3 is 2.55 bits per heavy atom. The predicted octanol–water partition coefficient (Wildman–Crippen LogP) is 0.833. The number of hydroxylamine groups is 1. The molecule has 1 aliphatic heterocycles. The topological polar surface area (TPSA) is 133 Å². The van der Waals surface area contributed by atoms with E-state index in [2.05, 4.69) is 11.8 Å². The maximum Gasteiger partial charge on any atom is 0.414 e. The van der Waals surface area contributed by atoms with E-state index in [-0.39, 0.29) is 13.0 Å². The van der Waals surface area contributed by atoms with Gasteiger partial charge in [-0.2, -0.15) is 0 Å². The van der Waals surface area contributed by atoms with Gasteiger partial charge in [0.15, 0.2) is 14.6 Å². The van der Waals surface area contributed by atoms with Crippen LogP contribution in [0.3, 0.4) is 0 Å². The predicted molar refractivity (Wildman–Crippen MR) is 105 cm³/mol. The van der Waals surface area contributed by atoms with Crippen LogP contribution >= 0.6 is 0 Å². The van der Waals surface area contributed by atoms with Crippen molar-refractivity contribution in [3.05, 3.63) is 29.8 Å². The van der Waals surface area contributed by atoms with Crippen LogP contribution in [0.2, 0.25) is 0 Å². The summed E-state index contributed by atoms with van der Waals surface area (Å²) in [6, 6.07) is 6.77. The van der Waals surface area contributed by atoms with Crippen LogP contribution in [0.25, 0.3) is 0 Å². The number of amides is 2. The molecule has 0 radical (unpaired) electrons. The highest BCUT2D eigenvalue weighted by Gasteiger charge is 2.48. The first kappa shape index (κ1) is 22.7. The Labute approximate surface area is 169 Å². The lowest BCUT2D eigenvalue weighted by Gasteiger charge is -2.26. The zero-order valence-corrected chi connectivity index (χ0v) is 17.2. The Kier molecular flexibility index (Phi) is 6.89. The molecule has 10 heteroatoms. The molecular formula is C19H24N2O7S. The van der Waals surface area contributed by atoms with E-state index in [4.69, 9.17) is 9.94 Å². The molecule has 158 valence electrons. The highest BCUT2D eigenvalue weighted by atomic mass is 32.2. The Bertz CT molecular complexity index is 932. The van der Waals surface area contributed by atoms with Gasteiger partial charge in [-0.25, -0.2) is 18.7 Å². The second-order valence-electron chi connectivity index (χ2n) is 7.17. The molecule has 3 N–H and O–H groups in total. The summed E-state index contributed by atoms with van der Waals surface area (Å²) >= 11 is 0. The van der Waals surface area contributed by atoms with Crippen LogP contribution in [0, 0.1) is 11.8 Å². The third-order valence-electron chi connectivity index (χ3n) is 4.70. The van der Waals surface area contributed by atoms with Crippen LogP contribution < -0.4 is 10.4 Å². The first-order valence-electron chi connectivity index (χ1n) is 8.87. The van der Waals surface area contributed by atoms with E-state index in [9.17, 15) is 23.1 Å². The quantitative estimate of drug-likeness (QED) is 0.350. The molecule has 0 bridgehead atoms.